The molecule has 270 valence electrons. The number of hydrogen-bond donors (Lipinski definition) is 4. The van der Waals surface area contributed by atoms with Crippen molar-refractivity contribution in [2.45, 2.75) is 142 Å². The van der Waals surface area contributed by atoms with E-state index in [1.165, 1.54) is 25.7 Å². The maximum atomic E-state index is 12.6. The highest BCUT2D eigenvalue weighted by atomic mass is 31.2. The van der Waals surface area contributed by atoms with E-state index in [2.05, 4.69) is 79.9 Å². The molecule has 3 unspecified atom stereocenters. The maximum Gasteiger partial charge on any atom is 0.472 e. The number of unbranched alkanes of at least 4 members (excludes halogenated alkanes) is 10. The van der Waals surface area contributed by atoms with Gasteiger partial charge in [-0.15, -0.1) is 0 Å². The van der Waals surface area contributed by atoms with Gasteiger partial charge >= 0.3 is 7.82 Å². The smallest absolute Gasteiger partial charge is 0.387 e. The number of carbonyl (C=O) groups excluding carboxylic acids is 1. The molecule has 0 bridgehead atoms. The first-order valence-corrected chi connectivity index (χ1v) is 19.6. The maximum absolute atomic E-state index is 12.6. The highest BCUT2D eigenvalue weighted by Gasteiger charge is 2.26. The third kappa shape index (κ3) is 32.3. The minimum Gasteiger partial charge on any atom is -0.387 e. The molecule has 0 aliphatic heterocycles. The van der Waals surface area contributed by atoms with Gasteiger partial charge in [0, 0.05) is 13.0 Å². The van der Waals surface area contributed by atoms with E-state index in [0.717, 1.165) is 83.5 Å². The number of nitrogens with one attached hydrogen (secondary N) is 1. The Labute approximate surface area is 287 Å². The second-order valence-corrected chi connectivity index (χ2v) is 13.1. The summed E-state index contributed by atoms with van der Waals surface area (Å²) in [6, 6.07) is -0.881. The van der Waals surface area contributed by atoms with E-state index in [-0.39, 0.29) is 25.7 Å². The molecular formula is C38H67N2O6P. The van der Waals surface area contributed by atoms with Crippen molar-refractivity contribution in [3.63, 3.8) is 0 Å². The van der Waals surface area contributed by atoms with Crippen LogP contribution in [-0.4, -0.2) is 47.8 Å². The molecule has 9 heteroatoms. The standard InChI is InChI=1S/C38H67N2O6P/c1-3-5-7-9-11-12-13-14-15-16-17-18-19-20-21-22-23-24-26-28-30-32-38(42)40-36(35-46-47(43,44)45-34-33-39)37(41)31-29-27-25-10-8-6-4-2/h5,7-8,10-12,14-15,17-18,29,31,36-37,41H,3-4,6,9,13,16,19-28,30,32-35,39H2,1-2H3,(H,40,42)(H,43,44)/b7-5-,10-8+,12-11-,15-14-,18-17-,31-29+. The minimum atomic E-state index is -4.34. The van der Waals surface area contributed by atoms with Gasteiger partial charge in [-0.1, -0.05) is 132 Å². The van der Waals surface area contributed by atoms with Crippen LogP contribution in [0, 0.1) is 0 Å². The SMILES string of the molecule is CC/C=C\C/C=C\C/C=C\C/C=C\CCCCCCCCCCC(=O)NC(COP(=O)(O)OCCN)C(O)/C=C/CC/C=C/CCC. The lowest BCUT2D eigenvalue weighted by Crippen LogP contribution is -2.45. The molecule has 0 saturated carbocycles. The molecule has 0 rings (SSSR count). The number of nitrogens with two attached hydrogens (primary N) is 1. The highest BCUT2D eigenvalue weighted by molar-refractivity contribution is 7.47. The summed E-state index contributed by atoms with van der Waals surface area (Å²) in [7, 11) is -4.34. The average molecular weight is 679 g/mol. The second-order valence-electron chi connectivity index (χ2n) is 11.7. The normalized spacial score (nSPS) is 15.3. The number of rotatable bonds is 32. The molecule has 0 aromatic carbocycles. The van der Waals surface area contributed by atoms with E-state index in [0.29, 0.717) is 6.42 Å². The molecular weight excluding hydrogens is 611 g/mol. The number of aliphatic hydroxyl groups is 1. The predicted octanol–water partition coefficient (Wildman–Crippen LogP) is 9.32. The van der Waals surface area contributed by atoms with Gasteiger partial charge in [0.05, 0.1) is 25.4 Å². The highest BCUT2D eigenvalue weighted by Crippen LogP contribution is 2.43. The lowest BCUT2D eigenvalue weighted by atomic mass is 10.1. The molecule has 0 spiro atoms. The van der Waals surface area contributed by atoms with Crippen molar-refractivity contribution in [3.05, 3.63) is 72.9 Å². The van der Waals surface area contributed by atoms with Crippen LogP contribution in [-0.2, 0) is 18.4 Å². The molecule has 0 aromatic rings. The molecule has 0 radical (unpaired) electrons. The summed E-state index contributed by atoms with van der Waals surface area (Å²) in [4.78, 5) is 22.5. The molecule has 0 heterocycles. The van der Waals surface area contributed by atoms with Gasteiger partial charge in [-0.05, 0) is 64.2 Å². The lowest BCUT2D eigenvalue weighted by molar-refractivity contribution is -0.123. The van der Waals surface area contributed by atoms with Crippen molar-refractivity contribution in [2.75, 3.05) is 19.8 Å². The molecule has 0 aliphatic carbocycles. The quantitative estimate of drug-likeness (QED) is 0.0317. The van der Waals surface area contributed by atoms with Crippen molar-refractivity contribution in [3.8, 4) is 0 Å². The van der Waals surface area contributed by atoms with E-state index < -0.39 is 20.0 Å². The van der Waals surface area contributed by atoms with Gasteiger partial charge < -0.3 is 21.1 Å². The number of aliphatic hydroxyl groups excluding tert-OH is 1. The molecule has 0 aliphatic rings. The van der Waals surface area contributed by atoms with Crippen molar-refractivity contribution in [1.29, 1.82) is 0 Å². The molecule has 0 aromatic heterocycles. The summed E-state index contributed by atoms with van der Waals surface area (Å²) >= 11 is 0. The summed E-state index contributed by atoms with van der Waals surface area (Å²) in [6.07, 6.45) is 42.6. The van der Waals surface area contributed by atoms with Crippen LogP contribution in [0.1, 0.15) is 129 Å². The first kappa shape index (κ1) is 44.9. The van der Waals surface area contributed by atoms with Crippen LogP contribution in [0.15, 0.2) is 72.9 Å². The first-order chi connectivity index (χ1) is 22.9. The molecule has 0 saturated heterocycles. The van der Waals surface area contributed by atoms with Crippen LogP contribution in [0.25, 0.3) is 0 Å². The van der Waals surface area contributed by atoms with Crippen LogP contribution < -0.4 is 11.1 Å². The second kappa shape index (κ2) is 33.8. The monoisotopic (exact) mass is 678 g/mol. The van der Waals surface area contributed by atoms with Gasteiger partial charge in [0.1, 0.15) is 0 Å². The Morgan fingerprint density at radius 3 is 1.87 bits per heavy atom. The molecule has 0 fully saturated rings. The minimum absolute atomic E-state index is 0.0683. The molecule has 5 N–H and O–H groups in total. The Balaban J connectivity index is 4.18. The summed E-state index contributed by atoms with van der Waals surface area (Å²) in [5, 5.41) is 13.4. The van der Waals surface area contributed by atoms with Crippen molar-refractivity contribution >= 4 is 13.7 Å². The Hall–Kier alpha value is -2.06. The number of phosphoric ester groups is 1. The van der Waals surface area contributed by atoms with E-state index >= 15 is 0 Å². The molecule has 8 nitrogen and oxygen atoms in total. The zero-order valence-electron chi connectivity index (χ0n) is 29.5. The molecule has 47 heavy (non-hydrogen) atoms. The van der Waals surface area contributed by atoms with Gasteiger partial charge in [0.15, 0.2) is 0 Å². The Morgan fingerprint density at radius 1 is 0.723 bits per heavy atom. The fraction of sp³-hybridized carbons (Fsp3) is 0.658. The Bertz CT molecular complexity index is 960. The van der Waals surface area contributed by atoms with Gasteiger partial charge in [0.2, 0.25) is 5.91 Å². The van der Waals surface area contributed by atoms with Crippen LogP contribution in [0.4, 0.5) is 0 Å². The van der Waals surface area contributed by atoms with E-state index in [1.54, 1.807) is 6.08 Å². The fourth-order valence-corrected chi connectivity index (χ4v) is 5.31. The predicted molar refractivity (Wildman–Crippen MR) is 198 cm³/mol. The third-order valence-electron chi connectivity index (χ3n) is 7.25. The Morgan fingerprint density at radius 2 is 1.26 bits per heavy atom. The summed E-state index contributed by atoms with van der Waals surface area (Å²) < 4.78 is 21.9. The van der Waals surface area contributed by atoms with Gasteiger partial charge in [-0.25, -0.2) is 4.57 Å². The largest absolute Gasteiger partial charge is 0.472 e. The average Bonchev–Trinajstić information content (AvgIpc) is 3.05. The zero-order chi connectivity index (χ0) is 34.7. The van der Waals surface area contributed by atoms with Gasteiger partial charge in [-0.2, -0.15) is 0 Å². The van der Waals surface area contributed by atoms with Crippen molar-refractivity contribution < 1.29 is 28.4 Å². The summed E-state index contributed by atoms with van der Waals surface area (Å²) in [5.74, 6) is -0.222. The Kier molecular flexibility index (Phi) is 32.3. The number of amides is 1. The topological polar surface area (TPSA) is 131 Å². The van der Waals surface area contributed by atoms with E-state index in [4.69, 9.17) is 14.8 Å². The summed E-state index contributed by atoms with van der Waals surface area (Å²) in [5.41, 5.74) is 5.33. The number of phosphoric acid groups is 1. The number of allylic oxidation sites excluding steroid dienone is 11. The summed E-state index contributed by atoms with van der Waals surface area (Å²) in [6.45, 7) is 3.84. The van der Waals surface area contributed by atoms with Crippen molar-refractivity contribution in [1.82, 2.24) is 5.32 Å². The first-order valence-electron chi connectivity index (χ1n) is 18.1. The third-order valence-corrected chi connectivity index (χ3v) is 8.23. The van der Waals surface area contributed by atoms with Crippen LogP contribution >= 0.6 is 7.82 Å². The zero-order valence-corrected chi connectivity index (χ0v) is 30.4. The molecule has 1 amide bonds. The van der Waals surface area contributed by atoms with Crippen LogP contribution in [0.2, 0.25) is 0 Å². The van der Waals surface area contributed by atoms with Crippen molar-refractivity contribution in [2.24, 2.45) is 5.73 Å². The van der Waals surface area contributed by atoms with Crippen LogP contribution in [0.5, 0.6) is 0 Å². The lowest BCUT2D eigenvalue weighted by Gasteiger charge is -2.23. The van der Waals surface area contributed by atoms with Gasteiger partial charge in [-0.3, -0.25) is 13.8 Å². The fourth-order valence-electron chi connectivity index (χ4n) is 4.55. The number of hydrogen-bond acceptors (Lipinski definition) is 6. The molecule has 3 atom stereocenters. The van der Waals surface area contributed by atoms with Gasteiger partial charge in [0.25, 0.3) is 0 Å². The number of carbonyl (C=O) groups is 1. The van der Waals surface area contributed by atoms with Crippen LogP contribution in [0.3, 0.4) is 0 Å². The van der Waals surface area contributed by atoms with E-state index in [9.17, 15) is 19.4 Å². The van der Waals surface area contributed by atoms with E-state index in [1.807, 2.05) is 6.08 Å².